The van der Waals surface area contributed by atoms with Crippen LogP contribution >= 0.6 is 0 Å². The molecular formula is C16H21NO3. The Morgan fingerprint density at radius 3 is 2.50 bits per heavy atom. The average molecular weight is 275 g/mol. The molecule has 0 saturated carbocycles. The van der Waals surface area contributed by atoms with E-state index in [4.69, 9.17) is 4.74 Å². The smallest absolute Gasteiger partial charge is 0.329 e. The predicted molar refractivity (Wildman–Crippen MR) is 75.7 cm³/mol. The van der Waals surface area contributed by atoms with Gasteiger partial charge in [-0.2, -0.15) is 0 Å². The van der Waals surface area contributed by atoms with Crippen molar-refractivity contribution in [2.45, 2.75) is 33.4 Å². The van der Waals surface area contributed by atoms with Crippen molar-refractivity contribution in [2.24, 2.45) is 11.8 Å². The molecule has 0 bridgehead atoms. The topological polar surface area (TPSA) is 46.6 Å². The van der Waals surface area contributed by atoms with Crippen LogP contribution in [0, 0.1) is 11.8 Å². The van der Waals surface area contributed by atoms with Crippen molar-refractivity contribution in [3.05, 3.63) is 35.9 Å². The lowest BCUT2D eigenvalue weighted by Gasteiger charge is -2.47. The van der Waals surface area contributed by atoms with E-state index < -0.39 is 6.04 Å². The summed E-state index contributed by atoms with van der Waals surface area (Å²) in [6.07, 6.45) is 0. The Balaban J connectivity index is 2.14. The summed E-state index contributed by atoms with van der Waals surface area (Å²) < 4.78 is 5.11. The van der Waals surface area contributed by atoms with E-state index in [1.807, 2.05) is 44.2 Å². The van der Waals surface area contributed by atoms with Gasteiger partial charge >= 0.3 is 5.97 Å². The van der Waals surface area contributed by atoms with Crippen LogP contribution in [-0.4, -0.2) is 29.4 Å². The molecule has 2 rings (SSSR count). The maximum Gasteiger partial charge on any atom is 0.329 e. The van der Waals surface area contributed by atoms with Crippen molar-refractivity contribution in [3.63, 3.8) is 0 Å². The number of β-lactam (4-membered cyclic amide) rings is 1. The number of carbonyl (C=O) groups is 2. The number of amides is 1. The standard InChI is InChI=1S/C16H21NO3/c1-4-20-16(19)14-13(11(2)3)15(18)17(14)10-12-8-6-5-7-9-12/h5-9,11,13-14H,4,10H2,1-3H3. The zero-order chi connectivity index (χ0) is 14.7. The molecule has 1 saturated heterocycles. The first kappa shape index (κ1) is 14.6. The van der Waals surface area contributed by atoms with Crippen LogP contribution in [0.1, 0.15) is 26.3 Å². The van der Waals surface area contributed by atoms with Gasteiger partial charge in [-0.15, -0.1) is 0 Å². The van der Waals surface area contributed by atoms with Crippen LogP contribution < -0.4 is 0 Å². The number of hydrogen-bond donors (Lipinski definition) is 0. The zero-order valence-corrected chi connectivity index (χ0v) is 12.2. The van der Waals surface area contributed by atoms with E-state index in [1.54, 1.807) is 11.8 Å². The Morgan fingerprint density at radius 1 is 1.30 bits per heavy atom. The van der Waals surface area contributed by atoms with Crippen molar-refractivity contribution in [2.75, 3.05) is 6.61 Å². The third-order valence-corrected chi connectivity index (χ3v) is 3.69. The number of ether oxygens (including phenoxy) is 1. The summed E-state index contributed by atoms with van der Waals surface area (Å²) in [6.45, 7) is 6.52. The Morgan fingerprint density at radius 2 is 1.95 bits per heavy atom. The van der Waals surface area contributed by atoms with Gasteiger partial charge in [-0.3, -0.25) is 4.79 Å². The fraction of sp³-hybridized carbons (Fsp3) is 0.500. The molecular weight excluding hydrogens is 254 g/mol. The lowest BCUT2D eigenvalue weighted by molar-refractivity contribution is -0.178. The van der Waals surface area contributed by atoms with Crippen LogP contribution in [0.3, 0.4) is 0 Å². The summed E-state index contributed by atoms with van der Waals surface area (Å²) in [7, 11) is 0. The summed E-state index contributed by atoms with van der Waals surface area (Å²) in [4.78, 5) is 25.9. The van der Waals surface area contributed by atoms with Gasteiger partial charge in [0.05, 0.1) is 12.5 Å². The molecule has 4 nitrogen and oxygen atoms in total. The van der Waals surface area contributed by atoms with Gasteiger partial charge in [0.2, 0.25) is 5.91 Å². The molecule has 0 aromatic heterocycles. The Bertz CT molecular complexity index is 484. The van der Waals surface area contributed by atoms with Crippen molar-refractivity contribution >= 4 is 11.9 Å². The second-order valence-electron chi connectivity index (χ2n) is 5.42. The molecule has 0 spiro atoms. The minimum atomic E-state index is -0.442. The molecule has 4 heteroatoms. The van der Waals surface area contributed by atoms with Gasteiger partial charge in [0.25, 0.3) is 0 Å². The molecule has 1 aliphatic rings. The molecule has 1 heterocycles. The van der Waals surface area contributed by atoms with Gasteiger partial charge in [0.1, 0.15) is 6.04 Å². The van der Waals surface area contributed by atoms with Crippen molar-refractivity contribution in [1.29, 1.82) is 0 Å². The van der Waals surface area contributed by atoms with E-state index in [2.05, 4.69) is 0 Å². The summed E-state index contributed by atoms with van der Waals surface area (Å²) >= 11 is 0. The number of rotatable bonds is 5. The van der Waals surface area contributed by atoms with Gasteiger partial charge in [-0.25, -0.2) is 4.79 Å². The van der Waals surface area contributed by atoms with Gasteiger partial charge in [0, 0.05) is 6.54 Å². The van der Waals surface area contributed by atoms with Crippen LogP contribution in [-0.2, 0) is 20.9 Å². The summed E-state index contributed by atoms with van der Waals surface area (Å²) in [5.41, 5.74) is 1.03. The minimum Gasteiger partial charge on any atom is -0.464 e. The lowest BCUT2D eigenvalue weighted by atomic mass is 9.78. The molecule has 0 N–H and O–H groups in total. The van der Waals surface area contributed by atoms with Crippen LogP contribution in [0.25, 0.3) is 0 Å². The first-order chi connectivity index (χ1) is 9.56. The Hall–Kier alpha value is -1.84. The largest absolute Gasteiger partial charge is 0.464 e. The maximum absolute atomic E-state index is 12.2. The third kappa shape index (κ3) is 2.69. The molecule has 1 aliphatic heterocycles. The van der Waals surface area contributed by atoms with E-state index in [0.29, 0.717) is 13.2 Å². The van der Waals surface area contributed by atoms with Gasteiger partial charge in [0.15, 0.2) is 0 Å². The summed E-state index contributed by atoms with van der Waals surface area (Å²) in [6, 6.07) is 9.26. The second-order valence-corrected chi connectivity index (χ2v) is 5.42. The quantitative estimate of drug-likeness (QED) is 0.611. The molecule has 108 valence electrons. The van der Waals surface area contributed by atoms with E-state index in [9.17, 15) is 9.59 Å². The molecule has 1 amide bonds. The van der Waals surface area contributed by atoms with E-state index in [0.717, 1.165) is 5.56 Å². The van der Waals surface area contributed by atoms with Crippen LogP contribution in [0.5, 0.6) is 0 Å². The number of carbonyl (C=O) groups excluding carboxylic acids is 2. The zero-order valence-electron chi connectivity index (χ0n) is 12.2. The predicted octanol–water partition coefficient (Wildman–Crippen LogP) is 2.23. The average Bonchev–Trinajstić information content (AvgIpc) is 2.42. The lowest BCUT2D eigenvalue weighted by Crippen LogP contribution is -2.65. The van der Waals surface area contributed by atoms with Gasteiger partial charge in [-0.1, -0.05) is 44.2 Å². The van der Waals surface area contributed by atoms with E-state index >= 15 is 0 Å². The highest BCUT2D eigenvalue weighted by Gasteiger charge is 2.53. The van der Waals surface area contributed by atoms with Crippen molar-refractivity contribution in [3.8, 4) is 0 Å². The van der Waals surface area contributed by atoms with Gasteiger partial charge < -0.3 is 9.64 Å². The maximum atomic E-state index is 12.2. The molecule has 2 unspecified atom stereocenters. The molecule has 20 heavy (non-hydrogen) atoms. The number of hydrogen-bond acceptors (Lipinski definition) is 3. The van der Waals surface area contributed by atoms with E-state index in [-0.39, 0.29) is 23.7 Å². The number of likely N-dealkylation sites (tertiary alicyclic amines) is 1. The highest BCUT2D eigenvalue weighted by atomic mass is 16.5. The molecule has 0 radical (unpaired) electrons. The van der Waals surface area contributed by atoms with Crippen LogP contribution in [0.2, 0.25) is 0 Å². The second kappa shape index (κ2) is 6.07. The fourth-order valence-corrected chi connectivity index (χ4v) is 2.68. The summed E-state index contributed by atoms with van der Waals surface area (Å²) in [5.74, 6) is -0.356. The first-order valence-corrected chi connectivity index (χ1v) is 7.07. The fourth-order valence-electron chi connectivity index (χ4n) is 2.68. The molecule has 2 atom stereocenters. The molecule has 1 aromatic carbocycles. The normalized spacial score (nSPS) is 21.8. The van der Waals surface area contributed by atoms with E-state index in [1.165, 1.54) is 0 Å². The van der Waals surface area contributed by atoms with Crippen LogP contribution in [0.15, 0.2) is 30.3 Å². The molecule has 1 aromatic rings. The van der Waals surface area contributed by atoms with Crippen LogP contribution in [0.4, 0.5) is 0 Å². The monoisotopic (exact) mass is 275 g/mol. The molecule has 0 aliphatic carbocycles. The highest BCUT2D eigenvalue weighted by molar-refractivity contribution is 5.97. The molecule has 1 fully saturated rings. The number of benzene rings is 1. The van der Waals surface area contributed by atoms with Gasteiger partial charge in [-0.05, 0) is 18.4 Å². The van der Waals surface area contributed by atoms with Crippen molar-refractivity contribution in [1.82, 2.24) is 4.90 Å². The first-order valence-electron chi connectivity index (χ1n) is 7.07. The summed E-state index contributed by atoms with van der Waals surface area (Å²) in [5, 5.41) is 0. The Kier molecular flexibility index (Phi) is 4.42. The number of nitrogens with zero attached hydrogens (tertiary/aromatic N) is 1. The van der Waals surface area contributed by atoms with Crippen molar-refractivity contribution < 1.29 is 14.3 Å². The minimum absolute atomic E-state index is 0.0434. The Labute approximate surface area is 119 Å². The third-order valence-electron chi connectivity index (χ3n) is 3.69. The highest BCUT2D eigenvalue weighted by Crippen LogP contribution is 2.34. The SMILES string of the molecule is CCOC(=O)C1C(C(C)C)C(=O)N1Cc1ccccc1. The number of esters is 1.